The molecule has 0 radical (unpaired) electrons. The van der Waals surface area contributed by atoms with E-state index < -0.39 is 0 Å². The van der Waals surface area contributed by atoms with Crippen LogP contribution in [0.3, 0.4) is 0 Å². The Morgan fingerprint density at radius 3 is 1.90 bits per heavy atom. The van der Waals surface area contributed by atoms with Gasteiger partial charge in [-0.15, -0.1) is 19.7 Å². The van der Waals surface area contributed by atoms with Gasteiger partial charge in [0.15, 0.2) is 0 Å². The second-order valence-electron chi connectivity index (χ2n) is 4.86. The van der Waals surface area contributed by atoms with Crippen molar-refractivity contribution in [2.24, 2.45) is 0 Å². The van der Waals surface area contributed by atoms with Gasteiger partial charge in [-0.25, -0.2) is 0 Å². The minimum atomic E-state index is 0.435. The molecule has 2 fully saturated rings. The minimum absolute atomic E-state index is 0.435. The van der Waals surface area contributed by atoms with E-state index in [-0.39, 0.29) is 0 Å². The molecule has 0 aromatic rings. The van der Waals surface area contributed by atoms with Crippen LogP contribution < -0.4 is 0 Å². The van der Waals surface area contributed by atoms with E-state index in [4.69, 9.17) is 5.41 Å². The molecule has 0 spiro atoms. The van der Waals surface area contributed by atoms with Crippen LogP contribution in [0.4, 0.5) is 0 Å². The van der Waals surface area contributed by atoms with Crippen LogP contribution in [0.5, 0.6) is 0 Å². The number of hydrogen-bond acceptors (Lipinski definition) is 2. The van der Waals surface area contributed by atoms with Crippen LogP contribution in [-0.4, -0.2) is 40.3 Å². The molecule has 1 N–H and O–H groups in total. The van der Waals surface area contributed by atoms with E-state index in [1.807, 2.05) is 22.0 Å². The Morgan fingerprint density at radius 1 is 0.900 bits per heavy atom. The summed E-state index contributed by atoms with van der Waals surface area (Å²) in [5.74, 6) is 2.33. The normalized spacial score (nSPS) is 18.5. The van der Waals surface area contributed by atoms with Gasteiger partial charge < -0.3 is 4.90 Å². The third kappa shape index (κ3) is 2.41. The highest BCUT2D eigenvalue weighted by atomic mass is 15.5. The average Bonchev–Trinajstić information content (AvgIpc) is 3.25. The van der Waals surface area contributed by atoms with Crippen molar-refractivity contribution in [2.75, 3.05) is 19.6 Å². The largest absolute Gasteiger partial charge is 0.310 e. The van der Waals surface area contributed by atoms with Crippen molar-refractivity contribution < 1.29 is 0 Å². The number of allylic oxidation sites excluding steroid dienone is 1. The van der Waals surface area contributed by atoms with Gasteiger partial charge in [0.05, 0.1) is 0 Å². The summed E-state index contributed by atoms with van der Waals surface area (Å²) in [6.07, 6.45) is 7.66. The van der Waals surface area contributed by atoms with Gasteiger partial charge in [-0.05, 0) is 18.4 Å². The first-order chi connectivity index (χ1) is 9.65. The molecule has 2 aliphatic rings. The molecule has 106 valence electrons. The van der Waals surface area contributed by atoms with Crippen molar-refractivity contribution in [3.8, 4) is 0 Å². The zero-order chi connectivity index (χ0) is 14.7. The van der Waals surface area contributed by atoms with Crippen molar-refractivity contribution >= 4 is 5.96 Å². The molecule has 0 aromatic carbocycles. The lowest BCUT2D eigenvalue weighted by molar-refractivity contribution is 0.225. The predicted octanol–water partition coefficient (Wildman–Crippen LogP) is 2.88. The Kier molecular flexibility index (Phi) is 4.13. The molecule has 20 heavy (non-hydrogen) atoms. The lowest BCUT2D eigenvalue weighted by Gasteiger charge is -2.47. The Morgan fingerprint density at radius 2 is 1.40 bits per heavy atom. The van der Waals surface area contributed by atoms with E-state index in [0.717, 1.165) is 24.5 Å². The monoisotopic (exact) mass is 270 g/mol. The molecule has 4 nitrogen and oxygen atoms in total. The number of hydrogen-bond donors (Lipinski definition) is 1. The third-order valence-corrected chi connectivity index (χ3v) is 3.40. The SMILES string of the molecule is C=CCN1C(=C)N(CC=C)C(=C2CC2)N(CC=C)C1=N. The summed E-state index contributed by atoms with van der Waals surface area (Å²) >= 11 is 0. The first-order valence-electron chi connectivity index (χ1n) is 6.80. The molecule has 0 aromatic heterocycles. The van der Waals surface area contributed by atoms with Crippen LogP contribution in [0.1, 0.15) is 12.8 Å². The Balaban J connectivity index is 2.43. The summed E-state index contributed by atoms with van der Waals surface area (Å²) < 4.78 is 0. The maximum absolute atomic E-state index is 8.42. The van der Waals surface area contributed by atoms with Gasteiger partial charge >= 0.3 is 0 Å². The number of guanidine groups is 1. The standard InChI is InChI=1S/C16H22N4/c1-5-10-18-13(4)19(11-6-2)16(17)20(12-7-3)15(18)14-8-9-14/h5-7,17H,1-4,8-12H2. The van der Waals surface area contributed by atoms with Gasteiger partial charge in [-0.2, -0.15) is 0 Å². The van der Waals surface area contributed by atoms with E-state index >= 15 is 0 Å². The van der Waals surface area contributed by atoms with Gasteiger partial charge in [0.1, 0.15) is 11.6 Å². The van der Waals surface area contributed by atoms with Crippen LogP contribution in [-0.2, 0) is 0 Å². The van der Waals surface area contributed by atoms with Crippen LogP contribution in [0, 0.1) is 5.41 Å². The summed E-state index contributed by atoms with van der Waals surface area (Å²) in [6, 6.07) is 0. The summed E-state index contributed by atoms with van der Waals surface area (Å²) in [5.41, 5.74) is 1.37. The van der Waals surface area contributed by atoms with Gasteiger partial charge in [0.2, 0.25) is 5.96 Å². The van der Waals surface area contributed by atoms with E-state index in [9.17, 15) is 0 Å². The summed E-state index contributed by atoms with van der Waals surface area (Å²) in [4.78, 5) is 5.96. The fourth-order valence-corrected chi connectivity index (χ4v) is 2.39. The smallest absolute Gasteiger partial charge is 0.205 e. The molecule has 1 aliphatic heterocycles. The highest BCUT2D eigenvalue weighted by Crippen LogP contribution is 2.39. The molecular formula is C16H22N4. The Hall–Kier alpha value is -2.23. The van der Waals surface area contributed by atoms with Crippen molar-refractivity contribution in [3.05, 3.63) is 61.8 Å². The molecule has 1 heterocycles. The quantitative estimate of drug-likeness (QED) is 0.753. The van der Waals surface area contributed by atoms with E-state index in [1.54, 1.807) is 6.08 Å². The van der Waals surface area contributed by atoms with Gasteiger partial charge in [-0.1, -0.05) is 24.8 Å². The molecule has 0 amide bonds. The van der Waals surface area contributed by atoms with Crippen LogP contribution in [0.2, 0.25) is 0 Å². The van der Waals surface area contributed by atoms with Crippen molar-refractivity contribution in [1.82, 2.24) is 14.7 Å². The summed E-state index contributed by atoms with van der Waals surface area (Å²) in [7, 11) is 0. The first kappa shape index (κ1) is 14.2. The maximum atomic E-state index is 8.42. The molecule has 2 rings (SSSR count). The molecule has 1 saturated carbocycles. The number of nitrogens with one attached hydrogen (secondary N) is 1. The molecule has 1 saturated heterocycles. The zero-order valence-electron chi connectivity index (χ0n) is 11.9. The highest BCUT2D eigenvalue weighted by molar-refractivity contribution is 5.82. The van der Waals surface area contributed by atoms with Crippen molar-refractivity contribution in [2.45, 2.75) is 12.8 Å². The lowest BCUT2D eigenvalue weighted by Crippen LogP contribution is -2.55. The third-order valence-electron chi connectivity index (χ3n) is 3.40. The topological polar surface area (TPSA) is 33.6 Å². The number of nitrogens with zero attached hydrogens (tertiary/aromatic N) is 3. The summed E-state index contributed by atoms with van der Waals surface area (Å²) in [5, 5.41) is 8.42. The van der Waals surface area contributed by atoms with Gasteiger partial charge in [-0.3, -0.25) is 15.2 Å². The van der Waals surface area contributed by atoms with Crippen molar-refractivity contribution in [3.63, 3.8) is 0 Å². The fraction of sp³-hybridized carbons (Fsp3) is 0.312. The molecule has 0 unspecified atom stereocenters. The zero-order valence-corrected chi connectivity index (χ0v) is 11.9. The maximum Gasteiger partial charge on any atom is 0.205 e. The minimum Gasteiger partial charge on any atom is -0.310 e. The molecular weight excluding hydrogens is 248 g/mol. The van der Waals surface area contributed by atoms with E-state index in [0.29, 0.717) is 25.6 Å². The molecule has 0 atom stereocenters. The second-order valence-corrected chi connectivity index (χ2v) is 4.86. The number of rotatable bonds is 6. The Labute approximate surface area is 121 Å². The Bertz CT molecular complexity index is 463. The van der Waals surface area contributed by atoms with Crippen molar-refractivity contribution in [1.29, 1.82) is 5.41 Å². The lowest BCUT2D eigenvalue weighted by atomic mass is 10.3. The average molecular weight is 270 g/mol. The second kappa shape index (κ2) is 5.82. The molecule has 1 aliphatic carbocycles. The fourth-order valence-electron chi connectivity index (χ4n) is 2.39. The predicted molar refractivity (Wildman–Crippen MR) is 83.8 cm³/mol. The van der Waals surface area contributed by atoms with Gasteiger partial charge in [0, 0.05) is 19.6 Å². The highest BCUT2D eigenvalue weighted by Gasteiger charge is 2.37. The van der Waals surface area contributed by atoms with E-state index in [1.165, 1.54) is 5.57 Å². The van der Waals surface area contributed by atoms with Crippen LogP contribution in [0.25, 0.3) is 0 Å². The van der Waals surface area contributed by atoms with Crippen LogP contribution >= 0.6 is 0 Å². The van der Waals surface area contributed by atoms with Gasteiger partial charge in [0.25, 0.3) is 0 Å². The summed E-state index contributed by atoms with van der Waals surface area (Å²) in [6.45, 7) is 17.4. The molecule has 0 bridgehead atoms. The first-order valence-corrected chi connectivity index (χ1v) is 6.80. The molecule has 4 heteroatoms. The van der Waals surface area contributed by atoms with E-state index in [2.05, 4.69) is 31.2 Å². The van der Waals surface area contributed by atoms with Crippen LogP contribution in [0.15, 0.2) is 61.8 Å².